The number of aliphatic carboxylic acids is 1. The monoisotopic (exact) mass is 882 g/mol. The minimum absolute atomic E-state index is 0.124. The summed E-state index contributed by atoms with van der Waals surface area (Å²) in [6, 6.07) is -1.53. The van der Waals surface area contributed by atoms with Gasteiger partial charge in [0.25, 0.3) is 0 Å². The quantitative estimate of drug-likeness (QED) is 0.0230. The first kappa shape index (κ1) is 58.4. The summed E-state index contributed by atoms with van der Waals surface area (Å²) in [4.78, 5) is 46.1. The van der Waals surface area contributed by atoms with Crippen LogP contribution in [-0.2, 0) is 37.5 Å². The van der Waals surface area contributed by atoms with Crippen LogP contribution in [0.25, 0.3) is 0 Å². The molecular weight excluding hydrogens is 794 g/mol. The number of esters is 2. The number of unbranched alkanes of at least 4 members (excludes halogenated alkanes) is 23. The zero-order valence-electron chi connectivity index (χ0n) is 38.5. The highest BCUT2D eigenvalue weighted by Gasteiger charge is 2.28. The van der Waals surface area contributed by atoms with E-state index in [1.54, 1.807) is 0 Å². The molecular formula is C49H88NO10P. The van der Waals surface area contributed by atoms with Gasteiger partial charge in [0, 0.05) is 12.8 Å². The van der Waals surface area contributed by atoms with Crippen molar-refractivity contribution in [1.82, 2.24) is 0 Å². The fourth-order valence-electron chi connectivity index (χ4n) is 6.53. The highest BCUT2D eigenvalue weighted by molar-refractivity contribution is 7.47. The van der Waals surface area contributed by atoms with Crippen molar-refractivity contribution in [2.75, 3.05) is 19.8 Å². The fraction of sp³-hybridized carbons (Fsp3) is 0.776. The Kier molecular flexibility index (Phi) is 42.2. The molecule has 1 unspecified atom stereocenters. The maximum absolute atomic E-state index is 12.6. The second kappa shape index (κ2) is 44.1. The Morgan fingerprint density at radius 2 is 0.902 bits per heavy atom. The molecule has 0 aliphatic carbocycles. The summed E-state index contributed by atoms with van der Waals surface area (Å²) in [7, 11) is -4.73. The van der Waals surface area contributed by atoms with Crippen LogP contribution in [0.5, 0.6) is 0 Å². The summed E-state index contributed by atoms with van der Waals surface area (Å²) < 4.78 is 32.8. The van der Waals surface area contributed by atoms with Gasteiger partial charge in [0.1, 0.15) is 12.6 Å². The third-order valence-corrected chi connectivity index (χ3v) is 11.3. The highest BCUT2D eigenvalue weighted by atomic mass is 31.2. The third-order valence-electron chi connectivity index (χ3n) is 10.3. The molecule has 0 amide bonds. The number of carboxylic acid groups (broad SMARTS) is 1. The van der Waals surface area contributed by atoms with Crippen molar-refractivity contribution in [3.63, 3.8) is 0 Å². The zero-order chi connectivity index (χ0) is 44.9. The lowest BCUT2D eigenvalue weighted by Gasteiger charge is -2.20. The Hall–Kier alpha value is -2.56. The first-order chi connectivity index (χ1) is 29.6. The standard InChI is InChI=1S/C49H88NO10P/c1-3-5-7-9-11-13-15-17-19-21-22-23-25-26-28-30-32-34-36-38-40-47(51)57-42-45(43-58-61(55,56)59-44-46(50)49(53)54)60-48(52)41-39-37-35-33-31-29-27-24-20-18-16-14-12-10-8-6-4-2/h8,10,14,16,20,24,29,31,45-46H,3-7,9,11-13,15,17-19,21-23,25-28,30,32-44,50H2,1-2H3,(H,53,54)(H,55,56)/b10-8+,16-14+,24-20+,31-29+/t45-,46+/m1/s1. The molecule has 0 saturated heterocycles. The second-order valence-electron chi connectivity index (χ2n) is 16.2. The predicted octanol–water partition coefficient (Wildman–Crippen LogP) is 13.3. The Morgan fingerprint density at radius 1 is 0.508 bits per heavy atom. The number of carbonyl (C=O) groups is 3. The van der Waals surface area contributed by atoms with E-state index in [0.717, 1.165) is 64.2 Å². The molecule has 0 spiro atoms. The number of allylic oxidation sites excluding steroid dienone is 8. The van der Waals surface area contributed by atoms with Gasteiger partial charge >= 0.3 is 25.7 Å². The van der Waals surface area contributed by atoms with E-state index < -0.39 is 51.1 Å². The molecule has 0 aromatic carbocycles. The number of phosphoric ester groups is 1. The van der Waals surface area contributed by atoms with Gasteiger partial charge in [-0.25, -0.2) is 4.57 Å². The van der Waals surface area contributed by atoms with E-state index in [4.69, 9.17) is 24.8 Å². The second-order valence-corrected chi connectivity index (χ2v) is 17.7. The topological polar surface area (TPSA) is 172 Å². The molecule has 0 aliphatic rings. The van der Waals surface area contributed by atoms with Crippen LogP contribution in [0.15, 0.2) is 48.6 Å². The minimum atomic E-state index is -4.73. The van der Waals surface area contributed by atoms with Crippen molar-refractivity contribution < 1.29 is 47.5 Å². The number of carboxylic acids is 1. The average Bonchev–Trinajstić information content (AvgIpc) is 3.24. The van der Waals surface area contributed by atoms with Gasteiger partial charge in [-0.15, -0.1) is 0 Å². The molecule has 0 fully saturated rings. The first-order valence-electron chi connectivity index (χ1n) is 24.2. The molecule has 0 aromatic heterocycles. The summed E-state index contributed by atoms with van der Waals surface area (Å²) >= 11 is 0. The van der Waals surface area contributed by atoms with Crippen LogP contribution in [0.2, 0.25) is 0 Å². The summed E-state index contributed by atoms with van der Waals surface area (Å²) in [5.41, 5.74) is 5.34. The largest absolute Gasteiger partial charge is 0.480 e. The van der Waals surface area contributed by atoms with Crippen molar-refractivity contribution >= 4 is 25.7 Å². The Morgan fingerprint density at radius 3 is 1.36 bits per heavy atom. The molecule has 0 heterocycles. The molecule has 0 aliphatic heterocycles. The van der Waals surface area contributed by atoms with E-state index in [1.165, 1.54) is 109 Å². The van der Waals surface area contributed by atoms with Gasteiger partial charge in [0.2, 0.25) is 0 Å². The van der Waals surface area contributed by atoms with E-state index in [2.05, 4.69) is 67.0 Å². The number of hydrogen-bond donors (Lipinski definition) is 3. The van der Waals surface area contributed by atoms with Crippen LogP contribution < -0.4 is 5.73 Å². The minimum Gasteiger partial charge on any atom is -0.480 e. The summed E-state index contributed by atoms with van der Waals surface area (Å²) in [5.74, 6) is -2.41. The number of nitrogens with two attached hydrogens (primary N) is 1. The average molecular weight is 882 g/mol. The van der Waals surface area contributed by atoms with Crippen LogP contribution in [0.1, 0.15) is 213 Å². The molecule has 61 heavy (non-hydrogen) atoms. The van der Waals surface area contributed by atoms with Crippen LogP contribution in [0.4, 0.5) is 0 Å². The lowest BCUT2D eigenvalue weighted by atomic mass is 10.0. The van der Waals surface area contributed by atoms with Crippen LogP contribution in [-0.4, -0.2) is 59.9 Å². The molecule has 0 bridgehead atoms. The smallest absolute Gasteiger partial charge is 0.472 e. The molecule has 354 valence electrons. The zero-order valence-corrected chi connectivity index (χ0v) is 39.4. The van der Waals surface area contributed by atoms with Crippen LogP contribution >= 0.6 is 7.82 Å². The molecule has 0 radical (unpaired) electrons. The number of ether oxygens (including phenoxy) is 2. The third kappa shape index (κ3) is 43.9. The maximum Gasteiger partial charge on any atom is 0.472 e. The van der Waals surface area contributed by atoms with Crippen molar-refractivity contribution in [3.05, 3.63) is 48.6 Å². The lowest BCUT2D eigenvalue weighted by molar-refractivity contribution is -0.161. The Bertz CT molecular complexity index is 1220. The van der Waals surface area contributed by atoms with Crippen molar-refractivity contribution in [2.45, 2.75) is 225 Å². The lowest BCUT2D eigenvalue weighted by Crippen LogP contribution is -2.34. The van der Waals surface area contributed by atoms with Crippen LogP contribution in [0, 0.1) is 0 Å². The van der Waals surface area contributed by atoms with Crippen LogP contribution in [0.3, 0.4) is 0 Å². The van der Waals surface area contributed by atoms with Gasteiger partial charge in [-0.3, -0.25) is 23.4 Å². The first-order valence-corrected chi connectivity index (χ1v) is 25.7. The van der Waals surface area contributed by atoms with Gasteiger partial charge in [0.05, 0.1) is 13.2 Å². The Balaban J connectivity index is 4.31. The van der Waals surface area contributed by atoms with Crippen molar-refractivity contribution in [1.29, 1.82) is 0 Å². The van der Waals surface area contributed by atoms with E-state index in [0.29, 0.717) is 12.8 Å². The SMILES string of the molecule is CCC/C=C/C/C=C/C/C=C/C/C=C/CCCCCC(=O)O[C@H](COC(=O)CCCCCCCCCCCCCCCCCCCCCC)COP(=O)(O)OC[C@H](N)C(=O)O. The molecule has 12 heteroatoms. The summed E-state index contributed by atoms with van der Waals surface area (Å²) in [6.07, 6.45) is 50.3. The number of carbonyl (C=O) groups excluding carboxylic acids is 2. The van der Waals surface area contributed by atoms with Gasteiger partial charge < -0.3 is 25.2 Å². The normalized spacial score (nSPS) is 14.0. The maximum atomic E-state index is 12.6. The highest BCUT2D eigenvalue weighted by Crippen LogP contribution is 2.43. The van der Waals surface area contributed by atoms with Gasteiger partial charge in [-0.1, -0.05) is 197 Å². The van der Waals surface area contributed by atoms with E-state index >= 15 is 0 Å². The molecule has 11 nitrogen and oxygen atoms in total. The molecule has 0 rings (SSSR count). The van der Waals surface area contributed by atoms with Crippen molar-refractivity contribution in [2.24, 2.45) is 5.73 Å². The number of rotatable bonds is 45. The van der Waals surface area contributed by atoms with E-state index in [-0.39, 0.29) is 19.4 Å². The Labute approximate surface area is 371 Å². The predicted molar refractivity (Wildman–Crippen MR) is 249 cm³/mol. The van der Waals surface area contributed by atoms with Gasteiger partial charge in [-0.2, -0.15) is 0 Å². The van der Waals surface area contributed by atoms with Gasteiger partial charge in [-0.05, 0) is 51.4 Å². The summed E-state index contributed by atoms with van der Waals surface area (Å²) in [6.45, 7) is 2.73. The summed E-state index contributed by atoms with van der Waals surface area (Å²) in [5, 5.41) is 8.91. The van der Waals surface area contributed by atoms with Gasteiger partial charge in [0.15, 0.2) is 6.10 Å². The van der Waals surface area contributed by atoms with Crippen molar-refractivity contribution in [3.8, 4) is 0 Å². The molecule has 3 atom stereocenters. The number of phosphoric acid groups is 1. The van der Waals surface area contributed by atoms with E-state index in [9.17, 15) is 23.8 Å². The molecule has 0 aromatic rings. The molecule has 0 saturated carbocycles. The number of hydrogen-bond acceptors (Lipinski definition) is 9. The fourth-order valence-corrected chi connectivity index (χ4v) is 7.31. The van der Waals surface area contributed by atoms with E-state index in [1.807, 2.05) is 0 Å². The molecule has 4 N–H and O–H groups in total.